The van der Waals surface area contributed by atoms with Crippen molar-refractivity contribution in [3.05, 3.63) is 33.8 Å². The Bertz CT molecular complexity index is 672. The van der Waals surface area contributed by atoms with Crippen LogP contribution < -0.4 is 0 Å². The molecule has 0 unspecified atom stereocenters. The lowest BCUT2D eigenvalue weighted by atomic mass is 10.1. The van der Waals surface area contributed by atoms with Crippen LogP contribution in [0.5, 0.6) is 0 Å². The van der Waals surface area contributed by atoms with E-state index in [9.17, 15) is 9.59 Å². The van der Waals surface area contributed by atoms with Crippen molar-refractivity contribution in [3.8, 4) is 0 Å². The molecule has 1 aliphatic rings. The van der Waals surface area contributed by atoms with Crippen LogP contribution >= 0.6 is 15.9 Å². The standard InChI is InChI=1S/C19H27BrN2O4/c1-13-11-22(18(24)26-19(2,3)4)9-8-21(13)12-14-6-7-15(20)10-16(14)17(23)25-5/h6-7,10,13H,8-9,11-12H2,1-5H3/t13-/m1/s1. The molecule has 26 heavy (non-hydrogen) atoms. The molecule has 0 aromatic heterocycles. The molecular formula is C19H27BrN2O4. The van der Waals surface area contributed by atoms with Gasteiger partial charge in [0.2, 0.25) is 0 Å². The molecule has 7 heteroatoms. The van der Waals surface area contributed by atoms with Crippen LogP contribution in [0, 0.1) is 0 Å². The topological polar surface area (TPSA) is 59.1 Å². The van der Waals surface area contributed by atoms with Gasteiger partial charge in [0, 0.05) is 36.7 Å². The van der Waals surface area contributed by atoms with Crippen LogP contribution in [0.1, 0.15) is 43.6 Å². The van der Waals surface area contributed by atoms with Gasteiger partial charge >= 0.3 is 12.1 Å². The van der Waals surface area contributed by atoms with Crippen LogP contribution in [-0.2, 0) is 16.0 Å². The van der Waals surface area contributed by atoms with E-state index in [0.29, 0.717) is 25.2 Å². The monoisotopic (exact) mass is 426 g/mol. The Morgan fingerprint density at radius 3 is 2.54 bits per heavy atom. The second kappa shape index (κ2) is 8.39. The molecule has 1 amide bonds. The number of amides is 1. The highest BCUT2D eigenvalue weighted by Gasteiger charge is 2.30. The first kappa shape index (κ1) is 20.7. The van der Waals surface area contributed by atoms with E-state index < -0.39 is 5.60 Å². The molecule has 0 N–H and O–H groups in total. The van der Waals surface area contributed by atoms with Crippen molar-refractivity contribution in [2.45, 2.75) is 45.9 Å². The predicted octanol–water partition coefficient (Wildman–Crippen LogP) is 3.68. The van der Waals surface area contributed by atoms with Gasteiger partial charge in [-0.15, -0.1) is 0 Å². The third-order valence-electron chi connectivity index (χ3n) is 4.27. The molecule has 1 saturated heterocycles. The minimum absolute atomic E-state index is 0.158. The zero-order chi connectivity index (χ0) is 19.5. The molecule has 2 rings (SSSR count). The Balaban J connectivity index is 2.05. The third-order valence-corrected chi connectivity index (χ3v) is 4.76. The van der Waals surface area contributed by atoms with E-state index in [0.717, 1.165) is 16.6 Å². The van der Waals surface area contributed by atoms with Gasteiger partial charge in [-0.2, -0.15) is 0 Å². The summed E-state index contributed by atoms with van der Waals surface area (Å²) in [6.07, 6.45) is -0.275. The summed E-state index contributed by atoms with van der Waals surface area (Å²) in [5.41, 5.74) is 0.978. The maximum atomic E-state index is 12.3. The SMILES string of the molecule is COC(=O)c1cc(Br)ccc1CN1CCN(C(=O)OC(C)(C)C)C[C@H]1C. The lowest BCUT2D eigenvalue weighted by Gasteiger charge is -2.40. The molecule has 1 aromatic rings. The van der Waals surface area contributed by atoms with E-state index in [1.165, 1.54) is 7.11 Å². The molecule has 1 aromatic carbocycles. The summed E-state index contributed by atoms with van der Waals surface area (Å²) >= 11 is 3.40. The number of carbonyl (C=O) groups excluding carboxylic acids is 2. The molecule has 0 spiro atoms. The van der Waals surface area contributed by atoms with Crippen molar-refractivity contribution < 1.29 is 19.1 Å². The number of halogens is 1. The summed E-state index contributed by atoms with van der Waals surface area (Å²) in [6, 6.07) is 5.79. The van der Waals surface area contributed by atoms with Gasteiger partial charge in [-0.3, -0.25) is 4.90 Å². The second-order valence-electron chi connectivity index (χ2n) is 7.54. The lowest BCUT2D eigenvalue weighted by Crippen LogP contribution is -2.54. The number of piperazine rings is 1. The van der Waals surface area contributed by atoms with Crippen LogP contribution in [0.25, 0.3) is 0 Å². The van der Waals surface area contributed by atoms with Crippen LogP contribution in [0.4, 0.5) is 4.79 Å². The van der Waals surface area contributed by atoms with Crippen LogP contribution in [-0.4, -0.2) is 60.2 Å². The number of esters is 1. The van der Waals surface area contributed by atoms with Gasteiger partial charge in [-0.05, 0) is 45.4 Å². The van der Waals surface area contributed by atoms with E-state index in [1.807, 2.05) is 32.9 Å². The number of carbonyl (C=O) groups is 2. The molecule has 0 aliphatic carbocycles. The summed E-state index contributed by atoms with van der Waals surface area (Å²) in [4.78, 5) is 28.3. The fourth-order valence-electron chi connectivity index (χ4n) is 2.93. The van der Waals surface area contributed by atoms with Gasteiger partial charge in [0.1, 0.15) is 5.60 Å². The Kier molecular flexibility index (Phi) is 6.69. The molecule has 0 saturated carbocycles. The van der Waals surface area contributed by atoms with Crippen LogP contribution in [0.3, 0.4) is 0 Å². The van der Waals surface area contributed by atoms with Crippen LogP contribution in [0.2, 0.25) is 0 Å². The predicted molar refractivity (Wildman–Crippen MR) is 103 cm³/mol. The average molecular weight is 427 g/mol. The van der Waals surface area contributed by atoms with Gasteiger partial charge in [0.15, 0.2) is 0 Å². The summed E-state index contributed by atoms with van der Waals surface area (Å²) in [5.74, 6) is -0.346. The summed E-state index contributed by atoms with van der Waals surface area (Å²) in [6.45, 7) is 10.2. The molecule has 6 nitrogen and oxygen atoms in total. The van der Waals surface area contributed by atoms with Gasteiger partial charge < -0.3 is 14.4 Å². The number of hydrogen-bond acceptors (Lipinski definition) is 5. The maximum absolute atomic E-state index is 12.3. The third kappa shape index (κ3) is 5.45. The Morgan fingerprint density at radius 1 is 1.27 bits per heavy atom. The van der Waals surface area contributed by atoms with E-state index in [2.05, 4.69) is 27.8 Å². The molecule has 1 fully saturated rings. The average Bonchev–Trinajstić information content (AvgIpc) is 2.55. The molecular weight excluding hydrogens is 400 g/mol. The number of rotatable bonds is 3. The minimum atomic E-state index is -0.496. The highest BCUT2D eigenvalue weighted by atomic mass is 79.9. The van der Waals surface area contributed by atoms with E-state index in [1.54, 1.807) is 11.0 Å². The van der Waals surface area contributed by atoms with Crippen molar-refractivity contribution in [2.24, 2.45) is 0 Å². The van der Waals surface area contributed by atoms with Crippen molar-refractivity contribution in [1.29, 1.82) is 0 Å². The molecule has 1 atom stereocenters. The maximum Gasteiger partial charge on any atom is 0.410 e. The molecule has 1 heterocycles. The fourth-order valence-corrected chi connectivity index (χ4v) is 3.29. The zero-order valence-corrected chi connectivity index (χ0v) is 17.6. The summed E-state index contributed by atoms with van der Waals surface area (Å²) < 4.78 is 11.2. The van der Waals surface area contributed by atoms with Crippen LogP contribution in [0.15, 0.2) is 22.7 Å². The fraction of sp³-hybridized carbons (Fsp3) is 0.579. The molecule has 0 radical (unpaired) electrons. The van der Waals surface area contributed by atoms with Crippen molar-refractivity contribution in [1.82, 2.24) is 9.80 Å². The van der Waals surface area contributed by atoms with E-state index in [4.69, 9.17) is 9.47 Å². The largest absolute Gasteiger partial charge is 0.465 e. The number of hydrogen-bond donors (Lipinski definition) is 0. The Morgan fingerprint density at radius 2 is 1.96 bits per heavy atom. The first-order valence-electron chi connectivity index (χ1n) is 8.69. The smallest absolute Gasteiger partial charge is 0.410 e. The highest BCUT2D eigenvalue weighted by molar-refractivity contribution is 9.10. The number of methoxy groups -OCH3 is 1. The first-order chi connectivity index (χ1) is 12.1. The molecule has 0 bridgehead atoms. The number of nitrogens with zero attached hydrogens (tertiary/aromatic N) is 2. The second-order valence-corrected chi connectivity index (χ2v) is 8.45. The van der Waals surface area contributed by atoms with Crippen molar-refractivity contribution >= 4 is 28.0 Å². The van der Waals surface area contributed by atoms with E-state index >= 15 is 0 Å². The normalized spacial score (nSPS) is 18.5. The minimum Gasteiger partial charge on any atom is -0.465 e. The van der Waals surface area contributed by atoms with Gasteiger partial charge in [0.25, 0.3) is 0 Å². The first-order valence-corrected chi connectivity index (χ1v) is 9.48. The molecule has 1 aliphatic heterocycles. The van der Waals surface area contributed by atoms with Gasteiger partial charge in [0.05, 0.1) is 12.7 Å². The quantitative estimate of drug-likeness (QED) is 0.689. The summed E-state index contributed by atoms with van der Waals surface area (Å²) in [5, 5.41) is 0. The van der Waals surface area contributed by atoms with E-state index in [-0.39, 0.29) is 18.1 Å². The van der Waals surface area contributed by atoms with Gasteiger partial charge in [-0.25, -0.2) is 9.59 Å². The van der Waals surface area contributed by atoms with Crippen molar-refractivity contribution in [2.75, 3.05) is 26.7 Å². The lowest BCUT2D eigenvalue weighted by molar-refractivity contribution is 0.00458. The Labute approximate surface area is 163 Å². The number of benzene rings is 1. The van der Waals surface area contributed by atoms with Crippen molar-refractivity contribution in [3.63, 3.8) is 0 Å². The zero-order valence-electron chi connectivity index (χ0n) is 16.0. The highest BCUT2D eigenvalue weighted by Crippen LogP contribution is 2.22. The van der Waals surface area contributed by atoms with Gasteiger partial charge in [-0.1, -0.05) is 22.0 Å². The Hall–Kier alpha value is -1.60. The summed E-state index contributed by atoms with van der Waals surface area (Å²) in [7, 11) is 1.38. The number of ether oxygens (including phenoxy) is 2. The molecule has 144 valence electrons.